The van der Waals surface area contributed by atoms with Gasteiger partial charge in [-0.05, 0) is 23.0 Å². The predicted molar refractivity (Wildman–Crippen MR) is 73.8 cm³/mol. The van der Waals surface area contributed by atoms with Gasteiger partial charge in [0.05, 0.1) is 0 Å². The molecule has 1 aromatic carbocycles. The quantitative estimate of drug-likeness (QED) is 0.894. The summed E-state index contributed by atoms with van der Waals surface area (Å²) in [4.78, 5) is 13.1. The summed E-state index contributed by atoms with van der Waals surface area (Å²) in [5, 5.41) is 10.3. The number of nitrogens with zero attached hydrogens (tertiary/aromatic N) is 1. The zero-order valence-electron chi connectivity index (χ0n) is 11.9. The van der Waals surface area contributed by atoms with Gasteiger partial charge in [-0.2, -0.15) is 0 Å². The van der Waals surface area contributed by atoms with E-state index in [1.165, 1.54) is 0 Å². The van der Waals surface area contributed by atoms with Gasteiger partial charge in [-0.3, -0.25) is 4.79 Å². The Hall–Kier alpha value is -1.51. The maximum Gasteiger partial charge on any atom is 0.222 e. The van der Waals surface area contributed by atoms with Crippen molar-refractivity contribution < 1.29 is 9.90 Å². The Morgan fingerprint density at radius 1 is 1.28 bits per heavy atom. The number of carbonyl (C=O) groups is 1. The van der Waals surface area contributed by atoms with Crippen molar-refractivity contribution in [1.82, 2.24) is 4.90 Å². The molecule has 0 radical (unpaired) electrons. The van der Waals surface area contributed by atoms with Crippen LogP contribution in [-0.4, -0.2) is 30.0 Å². The number of hydrogen-bond acceptors (Lipinski definition) is 2. The van der Waals surface area contributed by atoms with E-state index < -0.39 is 0 Å². The number of benzene rings is 1. The summed E-state index contributed by atoms with van der Waals surface area (Å²) in [7, 11) is 3.49. The van der Waals surface area contributed by atoms with E-state index in [4.69, 9.17) is 0 Å². The van der Waals surface area contributed by atoms with Gasteiger partial charge in [-0.1, -0.05) is 39.0 Å². The highest BCUT2D eigenvalue weighted by atomic mass is 16.3. The van der Waals surface area contributed by atoms with Crippen LogP contribution in [0.3, 0.4) is 0 Å². The Balaban J connectivity index is 2.89. The van der Waals surface area contributed by atoms with Crippen LogP contribution < -0.4 is 0 Å². The normalized spacial score (nSPS) is 11.4. The van der Waals surface area contributed by atoms with Gasteiger partial charge >= 0.3 is 0 Å². The number of hydrogen-bond donors (Lipinski definition) is 1. The van der Waals surface area contributed by atoms with E-state index in [1.54, 1.807) is 19.0 Å². The third kappa shape index (κ3) is 3.49. The highest BCUT2D eigenvalue weighted by molar-refractivity contribution is 5.75. The maximum absolute atomic E-state index is 11.6. The average Bonchev–Trinajstić information content (AvgIpc) is 2.25. The Labute approximate surface area is 109 Å². The molecule has 1 aromatic rings. The molecular weight excluding hydrogens is 226 g/mol. The number of carbonyl (C=O) groups excluding carboxylic acids is 1. The number of aromatic hydroxyl groups is 1. The summed E-state index contributed by atoms with van der Waals surface area (Å²) in [5.41, 5.74) is 1.68. The number of para-hydroxylation sites is 1. The van der Waals surface area contributed by atoms with Gasteiger partial charge in [-0.25, -0.2) is 0 Å². The molecular formula is C15H23NO2. The zero-order valence-corrected chi connectivity index (χ0v) is 11.9. The maximum atomic E-state index is 11.6. The molecule has 0 aliphatic rings. The van der Waals surface area contributed by atoms with Crippen LogP contribution in [0.4, 0.5) is 0 Å². The number of phenols is 1. The first-order valence-corrected chi connectivity index (χ1v) is 6.25. The van der Waals surface area contributed by atoms with Crippen molar-refractivity contribution in [3.8, 4) is 5.75 Å². The molecule has 1 N–H and O–H groups in total. The molecule has 0 bridgehead atoms. The minimum absolute atomic E-state index is 0.0792. The lowest BCUT2D eigenvalue weighted by molar-refractivity contribution is -0.128. The number of aryl methyl sites for hydroxylation is 1. The molecule has 0 aliphatic carbocycles. The fraction of sp³-hybridized carbons (Fsp3) is 0.533. The molecule has 0 unspecified atom stereocenters. The van der Waals surface area contributed by atoms with Crippen LogP contribution in [0.2, 0.25) is 0 Å². The van der Waals surface area contributed by atoms with Gasteiger partial charge < -0.3 is 10.0 Å². The summed E-state index contributed by atoms with van der Waals surface area (Å²) in [6, 6.07) is 5.76. The van der Waals surface area contributed by atoms with Crippen LogP contribution in [0.15, 0.2) is 18.2 Å². The van der Waals surface area contributed by atoms with Gasteiger partial charge in [-0.15, -0.1) is 0 Å². The Morgan fingerprint density at radius 3 is 2.39 bits per heavy atom. The van der Waals surface area contributed by atoms with Crippen LogP contribution in [0.5, 0.6) is 5.75 Å². The Morgan fingerprint density at radius 2 is 1.89 bits per heavy atom. The van der Waals surface area contributed by atoms with Crippen LogP contribution in [0.25, 0.3) is 0 Å². The summed E-state index contributed by atoms with van der Waals surface area (Å²) >= 11 is 0. The van der Waals surface area contributed by atoms with E-state index in [-0.39, 0.29) is 11.3 Å². The molecule has 0 atom stereocenters. The highest BCUT2D eigenvalue weighted by Gasteiger charge is 2.19. The van der Waals surface area contributed by atoms with E-state index in [0.717, 1.165) is 11.1 Å². The summed E-state index contributed by atoms with van der Waals surface area (Å²) in [6.45, 7) is 6.20. The molecule has 18 heavy (non-hydrogen) atoms. The van der Waals surface area contributed by atoms with Crippen molar-refractivity contribution in [1.29, 1.82) is 0 Å². The van der Waals surface area contributed by atoms with Crippen molar-refractivity contribution >= 4 is 5.91 Å². The summed E-state index contributed by atoms with van der Waals surface area (Å²) in [6.07, 6.45) is 1.00. The molecule has 0 aliphatic heterocycles. The van der Waals surface area contributed by atoms with Crippen LogP contribution in [-0.2, 0) is 16.6 Å². The van der Waals surface area contributed by atoms with Crippen LogP contribution in [0, 0.1) is 0 Å². The first-order chi connectivity index (χ1) is 8.23. The second-order valence-corrected chi connectivity index (χ2v) is 5.85. The first kappa shape index (κ1) is 14.6. The zero-order chi connectivity index (χ0) is 13.9. The Bertz CT molecular complexity index is 431. The van der Waals surface area contributed by atoms with Gasteiger partial charge in [0, 0.05) is 20.5 Å². The van der Waals surface area contributed by atoms with E-state index in [1.807, 2.05) is 18.2 Å². The van der Waals surface area contributed by atoms with Crippen molar-refractivity contribution in [2.75, 3.05) is 14.1 Å². The second kappa shape index (κ2) is 5.42. The van der Waals surface area contributed by atoms with Crippen LogP contribution in [0.1, 0.15) is 38.3 Å². The van der Waals surface area contributed by atoms with E-state index >= 15 is 0 Å². The topological polar surface area (TPSA) is 40.5 Å². The smallest absolute Gasteiger partial charge is 0.222 e. The van der Waals surface area contributed by atoms with Crippen LogP contribution >= 0.6 is 0 Å². The minimum atomic E-state index is -0.0916. The number of amides is 1. The first-order valence-electron chi connectivity index (χ1n) is 6.25. The molecule has 1 amide bonds. The molecule has 0 spiro atoms. The molecule has 1 rings (SSSR count). The molecule has 0 saturated carbocycles. The summed E-state index contributed by atoms with van der Waals surface area (Å²) < 4.78 is 0. The van der Waals surface area contributed by atoms with E-state index in [0.29, 0.717) is 18.6 Å². The molecule has 0 heterocycles. The lowest BCUT2D eigenvalue weighted by atomic mass is 9.85. The highest BCUT2D eigenvalue weighted by Crippen LogP contribution is 2.33. The van der Waals surface area contributed by atoms with Crippen molar-refractivity contribution in [3.63, 3.8) is 0 Å². The minimum Gasteiger partial charge on any atom is -0.507 e. The largest absolute Gasteiger partial charge is 0.507 e. The summed E-state index contributed by atoms with van der Waals surface area (Å²) in [5.74, 6) is 0.409. The SMILES string of the molecule is CN(C)C(=O)CCc1cccc(C(C)(C)C)c1O. The van der Waals surface area contributed by atoms with Crippen molar-refractivity contribution in [2.24, 2.45) is 0 Å². The molecule has 3 heteroatoms. The van der Waals surface area contributed by atoms with E-state index in [2.05, 4.69) is 20.8 Å². The standard InChI is InChI=1S/C15H23NO2/c1-15(2,3)12-8-6-7-11(14(12)18)9-10-13(17)16(4)5/h6-8,18H,9-10H2,1-5H3. The van der Waals surface area contributed by atoms with Crippen molar-refractivity contribution in [3.05, 3.63) is 29.3 Å². The molecule has 0 fully saturated rings. The second-order valence-electron chi connectivity index (χ2n) is 5.85. The fourth-order valence-corrected chi connectivity index (χ4v) is 1.86. The lowest BCUT2D eigenvalue weighted by Crippen LogP contribution is -2.22. The number of rotatable bonds is 3. The third-order valence-electron chi connectivity index (χ3n) is 3.03. The average molecular weight is 249 g/mol. The lowest BCUT2D eigenvalue weighted by Gasteiger charge is -2.22. The molecule has 3 nitrogen and oxygen atoms in total. The Kier molecular flexibility index (Phi) is 4.38. The van der Waals surface area contributed by atoms with Gasteiger partial charge in [0.25, 0.3) is 0 Å². The fourth-order valence-electron chi connectivity index (χ4n) is 1.86. The van der Waals surface area contributed by atoms with Gasteiger partial charge in [0.1, 0.15) is 5.75 Å². The molecule has 100 valence electrons. The predicted octanol–water partition coefficient (Wildman–Crippen LogP) is 2.71. The molecule has 0 saturated heterocycles. The van der Waals surface area contributed by atoms with Gasteiger partial charge in [0.15, 0.2) is 0 Å². The van der Waals surface area contributed by atoms with Crippen molar-refractivity contribution in [2.45, 2.75) is 39.0 Å². The van der Waals surface area contributed by atoms with Gasteiger partial charge in [0.2, 0.25) is 5.91 Å². The molecule has 0 aromatic heterocycles. The third-order valence-corrected chi connectivity index (χ3v) is 3.03. The monoisotopic (exact) mass is 249 g/mol. The number of phenolic OH excluding ortho intramolecular Hbond substituents is 1. The van der Waals surface area contributed by atoms with E-state index in [9.17, 15) is 9.90 Å².